The summed E-state index contributed by atoms with van der Waals surface area (Å²) in [5.74, 6) is 0. The number of nitrogens with one attached hydrogen (secondary N) is 1. The first-order chi connectivity index (χ1) is 8.91. The molecule has 1 unspecified atom stereocenters. The van der Waals surface area contributed by atoms with Gasteiger partial charge < -0.3 is 10.4 Å². The van der Waals surface area contributed by atoms with Crippen molar-refractivity contribution >= 4 is 17.3 Å². The number of hydrogen-bond acceptors (Lipinski definition) is 4. The molecule has 0 amide bonds. The quantitative estimate of drug-likeness (QED) is 0.807. The highest BCUT2D eigenvalue weighted by Crippen LogP contribution is 2.18. The van der Waals surface area contributed by atoms with Crippen LogP contribution in [0.3, 0.4) is 0 Å². The SMILES string of the molecule is CCCn1ncc(NCC(C)(O)CCC)c(Cl)c1=O. The summed E-state index contributed by atoms with van der Waals surface area (Å²) in [5, 5.41) is 17.2. The van der Waals surface area contributed by atoms with Crippen LogP contribution in [-0.2, 0) is 6.54 Å². The van der Waals surface area contributed by atoms with Crippen molar-refractivity contribution in [3.05, 3.63) is 21.6 Å². The minimum absolute atomic E-state index is 0.121. The van der Waals surface area contributed by atoms with Gasteiger partial charge in [-0.1, -0.05) is 31.9 Å². The van der Waals surface area contributed by atoms with Crippen molar-refractivity contribution in [3.8, 4) is 0 Å². The van der Waals surface area contributed by atoms with Crippen LogP contribution in [0.15, 0.2) is 11.0 Å². The van der Waals surface area contributed by atoms with E-state index in [9.17, 15) is 9.90 Å². The molecule has 0 bridgehead atoms. The molecule has 1 aromatic rings. The van der Waals surface area contributed by atoms with Gasteiger partial charge >= 0.3 is 0 Å². The molecule has 0 saturated heterocycles. The molecular formula is C13H22ClN3O2. The molecule has 0 fully saturated rings. The van der Waals surface area contributed by atoms with Crippen LogP contribution in [0.1, 0.15) is 40.0 Å². The van der Waals surface area contributed by atoms with E-state index in [1.807, 2.05) is 13.8 Å². The van der Waals surface area contributed by atoms with Crippen molar-refractivity contribution < 1.29 is 5.11 Å². The molecule has 0 aromatic carbocycles. The van der Waals surface area contributed by atoms with Gasteiger partial charge in [0.2, 0.25) is 0 Å². The molecule has 19 heavy (non-hydrogen) atoms. The highest BCUT2D eigenvalue weighted by atomic mass is 35.5. The second-order valence-electron chi connectivity index (χ2n) is 5.00. The lowest BCUT2D eigenvalue weighted by molar-refractivity contribution is 0.0637. The lowest BCUT2D eigenvalue weighted by atomic mass is 10.0. The summed E-state index contributed by atoms with van der Waals surface area (Å²) in [6, 6.07) is 0. The Bertz CT molecular complexity index is 471. The predicted molar refractivity (Wildman–Crippen MR) is 77.8 cm³/mol. The highest BCUT2D eigenvalue weighted by molar-refractivity contribution is 6.32. The Morgan fingerprint density at radius 3 is 2.74 bits per heavy atom. The van der Waals surface area contributed by atoms with E-state index in [0.29, 0.717) is 25.2 Å². The molecule has 0 aliphatic rings. The van der Waals surface area contributed by atoms with Gasteiger partial charge in [0.05, 0.1) is 17.5 Å². The summed E-state index contributed by atoms with van der Waals surface area (Å²) < 4.78 is 1.34. The topological polar surface area (TPSA) is 67.2 Å². The van der Waals surface area contributed by atoms with E-state index >= 15 is 0 Å². The van der Waals surface area contributed by atoms with Crippen LogP contribution >= 0.6 is 11.6 Å². The van der Waals surface area contributed by atoms with E-state index < -0.39 is 5.60 Å². The average Bonchev–Trinajstić information content (AvgIpc) is 2.34. The number of aromatic nitrogens is 2. The Kier molecular flexibility index (Phi) is 5.82. The van der Waals surface area contributed by atoms with Crippen molar-refractivity contribution in [3.63, 3.8) is 0 Å². The number of nitrogens with zero attached hydrogens (tertiary/aromatic N) is 2. The first-order valence-corrected chi connectivity index (χ1v) is 7.01. The zero-order valence-electron chi connectivity index (χ0n) is 11.7. The molecule has 0 spiro atoms. The van der Waals surface area contributed by atoms with E-state index in [4.69, 9.17) is 11.6 Å². The number of anilines is 1. The summed E-state index contributed by atoms with van der Waals surface area (Å²) in [6.45, 7) is 6.61. The predicted octanol–water partition coefficient (Wildman–Crippen LogP) is 2.27. The van der Waals surface area contributed by atoms with Gasteiger partial charge in [-0.2, -0.15) is 5.10 Å². The Balaban J connectivity index is 2.81. The summed E-state index contributed by atoms with van der Waals surface area (Å²) in [7, 11) is 0. The summed E-state index contributed by atoms with van der Waals surface area (Å²) in [6.07, 6.45) is 3.92. The first-order valence-electron chi connectivity index (χ1n) is 6.63. The van der Waals surface area contributed by atoms with Gasteiger partial charge in [0, 0.05) is 13.1 Å². The number of halogens is 1. The molecule has 1 heterocycles. The fraction of sp³-hybridized carbons (Fsp3) is 0.692. The van der Waals surface area contributed by atoms with E-state index in [1.54, 1.807) is 6.92 Å². The first kappa shape index (κ1) is 16.0. The molecule has 6 heteroatoms. The maximum atomic E-state index is 11.9. The minimum Gasteiger partial charge on any atom is -0.388 e. The highest BCUT2D eigenvalue weighted by Gasteiger charge is 2.19. The van der Waals surface area contributed by atoms with Crippen LogP contribution < -0.4 is 10.9 Å². The van der Waals surface area contributed by atoms with Crippen LogP contribution in [0, 0.1) is 0 Å². The third-order valence-corrected chi connectivity index (χ3v) is 3.23. The molecule has 0 aliphatic heterocycles. The average molecular weight is 288 g/mol. The van der Waals surface area contributed by atoms with Crippen molar-refractivity contribution in [1.82, 2.24) is 9.78 Å². The van der Waals surface area contributed by atoms with Crippen molar-refractivity contribution in [2.24, 2.45) is 0 Å². The maximum Gasteiger partial charge on any atom is 0.287 e. The number of aliphatic hydroxyl groups is 1. The Morgan fingerprint density at radius 1 is 1.47 bits per heavy atom. The lowest BCUT2D eigenvalue weighted by Gasteiger charge is -2.23. The monoisotopic (exact) mass is 287 g/mol. The fourth-order valence-electron chi connectivity index (χ4n) is 1.87. The van der Waals surface area contributed by atoms with Gasteiger partial charge in [-0.25, -0.2) is 4.68 Å². The van der Waals surface area contributed by atoms with Gasteiger partial charge in [0.15, 0.2) is 0 Å². The molecule has 0 saturated carbocycles. The second-order valence-corrected chi connectivity index (χ2v) is 5.38. The standard InChI is InChI=1S/C13H22ClN3O2/c1-4-6-13(3,19)9-15-10-8-16-17(7-5-2)12(18)11(10)14/h8,15,19H,4-7,9H2,1-3H3. The molecule has 1 rings (SSSR count). The normalized spacial score (nSPS) is 14.2. The fourth-order valence-corrected chi connectivity index (χ4v) is 2.09. The van der Waals surface area contributed by atoms with Gasteiger partial charge in [-0.15, -0.1) is 0 Å². The van der Waals surface area contributed by atoms with E-state index in [-0.39, 0.29) is 10.6 Å². The van der Waals surface area contributed by atoms with Crippen LogP contribution in [0.4, 0.5) is 5.69 Å². The van der Waals surface area contributed by atoms with Crippen LogP contribution in [0.5, 0.6) is 0 Å². The zero-order valence-corrected chi connectivity index (χ0v) is 12.5. The Labute approximate surface area is 118 Å². The van der Waals surface area contributed by atoms with Gasteiger partial charge in [-0.05, 0) is 19.8 Å². The van der Waals surface area contributed by atoms with Crippen molar-refractivity contribution in [2.75, 3.05) is 11.9 Å². The molecule has 2 N–H and O–H groups in total. The number of hydrogen-bond donors (Lipinski definition) is 2. The molecule has 0 radical (unpaired) electrons. The molecule has 1 atom stereocenters. The van der Waals surface area contributed by atoms with E-state index in [2.05, 4.69) is 10.4 Å². The number of rotatable bonds is 7. The second kappa shape index (κ2) is 6.91. The largest absolute Gasteiger partial charge is 0.388 e. The van der Waals surface area contributed by atoms with Gasteiger partial charge in [0.25, 0.3) is 5.56 Å². The molecule has 1 aromatic heterocycles. The molecule has 0 aliphatic carbocycles. The van der Waals surface area contributed by atoms with Crippen LogP contribution in [0.25, 0.3) is 0 Å². The number of aryl methyl sites for hydroxylation is 1. The summed E-state index contributed by atoms with van der Waals surface area (Å²) >= 11 is 6.02. The Hall–Kier alpha value is -1.07. The summed E-state index contributed by atoms with van der Waals surface area (Å²) in [4.78, 5) is 11.9. The smallest absolute Gasteiger partial charge is 0.287 e. The molecular weight excluding hydrogens is 266 g/mol. The van der Waals surface area contributed by atoms with E-state index in [1.165, 1.54) is 10.9 Å². The molecule has 5 nitrogen and oxygen atoms in total. The zero-order chi connectivity index (χ0) is 14.5. The van der Waals surface area contributed by atoms with Crippen molar-refractivity contribution in [1.29, 1.82) is 0 Å². The van der Waals surface area contributed by atoms with Gasteiger partial charge in [0.1, 0.15) is 5.02 Å². The van der Waals surface area contributed by atoms with Crippen LogP contribution in [0.2, 0.25) is 5.02 Å². The van der Waals surface area contributed by atoms with E-state index in [0.717, 1.165) is 12.8 Å². The third-order valence-electron chi connectivity index (χ3n) is 2.87. The minimum atomic E-state index is -0.823. The third kappa shape index (κ3) is 4.51. The van der Waals surface area contributed by atoms with Gasteiger partial charge in [-0.3, -0.25) is 4.79 Å². The van der Waals surface area contributed by atoms with Crippen molar-refractivity contribution in [2.45, 2.75) is 52.2 Å². The van der Waals surface area contributed by atoms with Crippen LogP contribution in [-0.4, -0.2) is 27.0 Å². The summed E-state index contributed by atoms with van der Waals surface area (Å²) in [5.41, 5.74) is -0.657. The molecule has 108 valence electrons. The maximum absolute atomic E-state index is 11.9. The lowest BCUT2D eigenvalue weighted by Crippen LogP contribution is -2.34. The Morgan fingerprint density at radius 2 is 2.16 bits per heavy atom.